The van der Waals surface area contributed by atoms with Crippen LogP contribution in [0.2, 0.25) is 0 Å². The monoisotopic (exact) mass is 325 g/mol. The molecule has 0 aliphatic heterocycles. The van der Waals surface area contributed by atoms with Gasteiger partial charge >= 0.3 is 6.09 Å². The summed E-state index contributed by atoms with van der Waals surface area (Å²) in [7, 11) is 1.44. The molecule has 0 spiro atoms. The van der Waals surface area contributed by atoms with Crippen molar-refractivity contribution in [2.24, 2.45) is 5.92 Å². The first-order chi connectivity index (χ1) is 11.8. The summed E-state index contributed by atoms with van der Waals surface area (Å²) >= 11 is 0. The molecule has 0 bridgehead atoms. The average Bonchev–Trinajstić information content (AvgIpc) is 3.13. The van der Waals surface area contributed by atoms with Gasteiger partial charge in [-0.1, -0.05) is 61.7 Å². The molecule has 2 rings (SSSR count). The summed E-state index contributed by atoms with van der Waals surface area (Å²) < 4.78 is 5.05. The maximum Gasteiger partial charge on any atom is 0.410 e. The van der Waals surface area contributed by atoms with Crippen molar-refractivity contribution in [3.8, 4) is 11.8 Å². The van der Waals surface area contributed by atoms with Crippen LogP contribution in [0.3, 0.4) is 0 Å². The Morgan fingerprint density at radius 2 is 2.00 bits per heavy atom. The summed E-state index contributed by atoms with van der Waals surface area (Å²) in [4.78, 5) is 14.2. The van der Waals surface area contributed by atoms with Gasteiger partial charge in [-0.25, -0.2) is 4.79 Å². The molecular formula is C21H27NO2. The summed E-state index contributed by atoms with van der Waals surface area (Å²) in [6.07, 6.45) is 9.16. The number of benzene rings is 1. The van der Waals surface area contributed by atoms with Crippen molar-refractivity contribution < 1.29 is 9.53 Å². The van der Waals surface area contributed by atoms with Crippen LogP contribution < -0.4 is 0 Å². The second-order valence-corrected chi connectivity index (χ2v) is 6.17. The van der Waals surface area contributed by atoms with E-state index in [-0.39, 0.29) is 12.1 Å². The highest BCUT2D eigenvalue weighted by Gasteiger charge is 2.27. The number of carbonyl (C=O) groups is 1. The molecule has 1 amide bonds. The Morgan fingerprint density at radius 1 is 1.29 bits per heavy atom. The first-order valence-electron chi connectivity index (χ1n) is 8.79. The fourth-order valence-electron chi connectivity index (χ4n) is 2.91. The maximum atomic E-state index is 12.4. The summed E-state index contributed by atoms with van der Waals surface area (Å²) in [5, 5.41) is 0. The fourth-order valence-corrected chi connectivity index (χ4v) is 2.91. The van der Waals surface area contributed by atoms with Crippen LogP contribution in [-0.4, -0.2) is 24.6 Å². The van der Waals surface area contributed by atoms with Crippen molar-refractivity contribution in [1.82, 2.24) is 4.90 Å². The molecular weight excluding hydrogens is 298 g/mol. The number of ether oxygens (including phenoxy) is 1. The molecule has 0 saturated carbocycles. The standard InChI is InChI=1S/C21H27NO2/c1-3-4-5-9-16-20(19-14-7-6-8-15-19)22(21(23)24-2)17-18-12-10-11-13-18/h6-8,10-11,14-15,18,20H,3-5,12-13,17H2,1-2H3. The van der Waals surface area contributed by atoms with Gasteiger partial charge in [-0.05, 0) is 30.7 Å². The molecule has 1 aromatic rings. The van der Waals surface area contributed by atoms with Crippen molar-refractivity contribution in [3.63, 3.8) is 0 Å². The van der Waals surface area contributed by atoms with Gasteiger partial charge in [0.2, 0.25) is 0 Å². The summed E-state index contributed by atoms with van der Waals surface area (Å²) in [5.41, 5.74) is 1.04. The first-order valence-corrected chi connectivity index (χ1v) is 8.79. The molecule has 128 valence electrons. The Kier molecular flexibility index (Phi) is 7.42. The Labute approximate surface area is 145 Å². The minimum Gasteiger partial charge on any atom is -0.453 e. The largest absolute Gasteiger partial charge is 0.453 e. The van der Waals surface area contributed by atoms with E-state index in [1.165, 1.54) is 7.11 Å². The zero-order valence-corrected chi connectivity index (χ0v) is 14.7. The third-order valence-electron chi connectivity index (χ3n) is 4.29. The average molecular weight is 325 g/mol. The zero-order chi connectivity index (χ0) is 17.2. The lowest BCUT2D eigenvalue weighted by atomic mass is 10.0. The van der Waals surface area contributed by atoms with Gasteiger partial charge in [-0.3, -0.25) is 4.90 Å². The van der Waals surface area contributed by atoms with Crippen molar-refractivity contribution >= 4 is 6.09 Å². The lowest BCUT2D eigenvalue weighted by molar-refractivity contribution is 0.107. The number of nitrogens with zero attached hydrogens (tertiary/aromatic N) is 1. The highest BCUT2D eigenvalue weighted by molar-refractivity contribution is 5.69. The fraction of sp³-hybridized carbons (Fsp3) is 0.476. The predicted molar refractivity (Wildman–Crippen MR) is 97.5 cm³/mol. The number of hydrogen-bond acceptors (Lipinski definition) is 2. The smallest absolute Gasteiger partial charge is 0.410 e. The highest BCUT2D eigenvalue weighted by Crippen LogP contribution is 2.26. The Balaban J connectivity index is 2.24. The van der Waals surface area contributed by atoms with Crippen molar-refractivity contribution in [2.45, 2.75) is 45.1 Å². The van der Waals surface area contributed by atoms with Crippen LogP contribution in [0.15, 0.2) is 42.5 Å². The Bertz CT molecular complexity index is 589. The quantitative estimate of drug-likeness (QED) is 0.420. The normalized spacial score (nSPS) is 14.8. The van der Waals surface area contributed by atoms with Crippen LogP contribution in [0, 0.1) is 17.8 Å². The lowest BCUT2D eigenvalue weighted by Crippen LogP contribution is -2.37. The van der Waals surface area contributed by atoms with Crippen LogP contribution in [0.4, 0.5) is 4.79 Å². The number of allylic oxidation sites excluding steroid dienone is 2. The SMILES string of the molecule is CCCCC#CC(c1ccccc1)N(CC1CC=CC1)C(=O)OC. The van der Waals surface area contributed by atoms with Crippen molar-refractivity contribution in [1.29, 1.82) is 0 Å². The summed E-state index contributed by atoms with van der Waals surface area (Å²) in [6, 6.07) is 9.76. The third-order valence-corrected chi connectivity index (χ3v) is 4.29. The number of amides is 1. The molecule has 0 aromatic heterocycles. The van der Waals surface area contributed by atoms with E-state index in [0.717, 1.165) is 37.7 Å². The van der Waals surface area contributed by atoms with Crippen LogP contribution in [0.25, 0.3) is 0 Å². The van der Waals surface area contributed by atoms with E-state index in [4.69, 9.17) is 4.74 Å². The van der Waals surface area contributed by atoms with Gasteiger partial charge in [0.1, 0.15) is 6.04 Å². The predicted octanol–water partition coefficient (Wildman–Crippen LogP) is 4.96. The van der Waals surface area contributed by atoms with Gasteiger partial charge in [0.15, 0.2) is 0 Å². The number of carbonyl (C=O) groups excluding carboxylic acids is 1. The van der Waals surface area contributed by atoms with E-state index in [2.05, 4.69) is 30.9 Å². The molecule has 3 nitrogen and oxygen atoms in total. The van der Waals surface area contributed by atoms with Crippen molar-refractivity contribution in [2.75, 3.05) is 13.7 Å². The van der Waals surface area contributed by atoms with Gasteiger partial charge in [0, 0.05) is 13.0 Å². The number of hydrogen-bond donors (Lipinski definition) is 0. The molecule has 1 atom stereocenters. The second-order valence-electron chi connectivity index (χ2n) is 6.17. The van der Waals surface area contributed by atoms with E-state index >= 15 is 0 Å². The van der Waals surface area contributed by atoms with E-state index in [0.29, 0.717) is 12.5 Å². The van der Waals surface area contributed by atoms with Gasteiger partial charge in [0.25, 0.3) is 0 Å². The molecule has 1 unspecified atom stereocenters. The van der Waals surface area contributed by atoms with Crippen LogP contribution in [0.5, 0.6) is 0 Å². The molecule has 0 fully saturated rings. The number of rotatable bonds is 6. The second kappa shape index (κ2) is 9.82. The van der Waals surface area contributed by atoms with E-state index < -0.39 is 0 Å². The van der Waals surface area contributed by atoms with Crippen LogP contribution >= 0.6 is 0 Å². The zero-order valence-electron chi connectivity index (χ0n) is 14.7. The molecule has 0 radical (unpaired) electrons. The Morgan fingerprint density at radius 3 is 2.62 bits per heavy atom. The molecule has 1 aromatic carbocycles. The van der Waals surface area contributed by atoms with Gasteiger partial charge in [-0.2, -0.15) is 0 Å². The van der Waals surface area contributed by atoms with E-state index in [1.807, 2.05) is 30.3 Å². The van der Waals surface area contributed by atoms with Gasteiger partial charge in [-0.15, -0.1) is 5.92 Å². The minimum absolute atomic E-state index is 0.254. The number of methoxy groups -OCH3 is 1. The summed E-state index contributed by atoms with van der Waals surface area (Å²) in [5.74, 6) is 7.02. The van der Waals surface area contributed by atoms with Crippen LogP contribution in [0.1, 0.15) is 50.6 Å². The van der Waals surface area contributed by atoms with E-state index in [1.54, 1.807) is 4.90 Å². The van der Waals surface area contributed by atoms with Gasteiger partial charge < -0.3 is 4.74 Å². The van der Waals surface area contributed by atoms with E-state index in [9.17, 15) is 4.79 Å². The molecule has 24 heavy (non-hydrogen) atoms. The molecule has 1 aliphatic rings. The molecule has 0 N–H and O–H groups in total. The molecule has 0 heterocycles. The Hall–Kier alpha value is -2.21. The minimum atomic E-state index is -0.305. The number of unbranched alkanes of at least 4 members (excludes halogenated alkanes) is 2. The molecule has 0 saturated heterocycles. The highest BCUT2D eigenvalue weighted by atomic mass is 16.5. The lowest BCUT2D eigenvalue weighted by Gasteiger charge is -2.30. The molecule has 1 aliphatic carbocycles. The molecule has 3 heteroatoms. The maximum absolute atomic E-state index is 12.4. The topological polar surface area (TPSA) is 29.5 Å². The summed E-state index contributed by atoms with van der Waals surface area (Å²) in [6.45, 7) is 2.83. The first kappa shape index (κ1) is 18.1. The van der Waals surface area contributed by atoms with Crippen LogP contribution in [-0.2, 0) is 4.74 Å². The third kappa shape index (κ3) is 5.16. The van der Waals surface area contributed by atoms with Crippen molar-refractivity contribution in [3.05, 3.63) is 48.0 Å². The van der Waals surface area contributed by atoms with Gasteiger partial charge in [0.05, 0.1) is 7.11 Å².